The van der Waals surface area contributed by atoms with Crippen molar-refractivity contribution in [1.29, 1.82) is 0 Å². The van der Waals surface area contributed by atoms with Gasteiger partial charge in [0.05, 0.1) is 0 Å². The fourth-order valence-electron chi connectivity index (χ4n) is 1.54. The molecule has 18 heavy (non-hydrogen) atoms. The first-order chi connectivity index (χ1) is 8.40. The number of halogens is 1. The van der Waals surface area contributed by atoms with Crippen molar-refractivity contribution in [2.45, 2.75) is 26.8 Å². The molecule has 0 bridgehead atoms. The normalized spacial score (nSPS) is 12.1. The van der Waals surface area contributed by atoms with Crippen LogP contribution in [0.1, 0.15) is 20.8 Å². The monoisotopic (exact) mass is 252 g/mol. The van der Waals surface area contributed by atoms with Crippen molar-refractivity contribution in [3.8, 4) is 0 Å². The summed E-state index contributed by atoms with van der Waals surface area (Å²) in [6.45, 7) is 5.00. The number of amides is 2. The predicted octanol–water partition coefficient (Wildman–Crippen LogP) is 1.92. The third-order valence-corrected chi connectivity index (χ3v) is 2.40. The summed E-state index contributed by atoms with van der Waals surface area (Å²) in [5.74, 6) is -1.11. The maximum Gasteiger partial charge on any atom is 0.247 e. The molecule has 1 aromatic carbocycles. The highest BCUT2D eigenvalue weighted by Gasteiger charge is 2.22. The maximum absolute atomic E-state index is 13.0. The van der Waals surface area contributed by atoms with Crippen molar-refractivity contribution in [2.75, 3.05) is 5.32 Å². The molecule has 2 amide bonds. The van der Waals surface area contributed by atoms with E-state index in [-0.39, 0.29) is 17.7 Å². The third-order valence-electron chi connectivity index (χ3n) is 2.40. The summed E-state index contributed by atoms with van der Waals surface area (Å²) in [5, 5.41) is 5.15. The number of benzene rings is 1. The fourth-order valence-corrected chi connectivity index (χ4v) is 1.54. The number of anilines is 1. The number of hydrogen-bond acceptors (Lipinski definition) is 2. The summed E-state index contributed by atoms with van der Waals surface area (Å²) in [6.07, 6.45) is 0. The number of nitrogens with one attached hydrogen (secondary N) is 2. The van der Waals surface area contributed by atoms with Gasteiger partial charge in [0.1, 0.15) is 11.9 Å². The Labute approximate surface area is 106 Å². The second-order valence-electron chi connectivity index (χ2n) is 4.42. The number of carbonyl (C=O) groups excluding carboxylic acids is 2. The Hall–Kier alpha value is -1.91. The average molecular weight is 252 g/mol. The zero-order valence-corrected chi connectivity index (χ0v) is 10.7. The Bertz CT molecular complexity index is 446. The lowest BCUT2D eigenvalue weighted by Crippen LogP contribution is -2.46. The summed E-state index contributed by atoms with van der Waals surface area (Å²) >= 11 is 0. The maximum atomic E-state index is 13.0. The quantitative estimate of drug-likeness (QED) is 0.860. The lowest BCUT2D eigenvalue weighted by atomic mass is 10.0. The molecule has 0 heterocycles. The van der Waals surface area contributed by atoms with Gasteiger partial charge in [0.15, 0.2) is 0 Å². The zero-order valence-electron chi connectivity index (χ0n) is 10.7. The molecule has 5 heteroatoms. The first kappa shape index (κ1) is 14.2. The number of carbonyl (C=O) groups is 2. The van der Waals surface area contributed by atoms with E-state index in [9.17, 15) is 14.0 Å². The second kappa shape index (κ2) is 6.14. The topological polar surface area (TPSA) is 58.2 Å². The minimum Gasteiger partial charge on any atom is -0.344 e. The molecule has 0 saturated heterocycles. The molecule has 0 aliphatic heterocycles. The zero-order chi connectivity index (χ0) is 13.7. The van der Waals surface area contributed by atoms with Crippen LogP contribution in [-0.4, -0.2) is 17.9 Å². The molecule has 0 fully saturated rings. The molecular weight excluding hydrogens is 235 g/mol. The minimum atomic E-state index is -0.634. The van der Waals surface area contributed by atoms with E-state index in [0.717, 1.165) is 0 Å². The van der Waals surface area contributed by atoms with Gasteiger partial charge in [-0.05, 0) is 24.1 Å². The summed E-state index contributed by atoms with van der Waals surface area (Å²) in [4.78, 5) is 23.0. The molecule has 0 aliphatic rings. The third kappa shape index (κ3) is 4.16. The molecule has 98 valence electrons. The van der Waals surface area contributed by atoms with Crippen LogP contribution in [0, 0.1) is 11.7 Å². The molecule has 0 unspecified atom stereocenters. The Morgan fingerprint density at radius 2 is 1.94 bits per heavy atom. The Morgan fingerprint density at radius 3 is 2.44 bits per heavy atom. The Balaban J connectivity index is 2.75. The molecule has 2 N–H and O–H groups in total. The van der Waals surface area contributed by atoms with Crippen molar-refractivity contribution in [2.24, 2.45) is 5.92 Å². The van der Waals surface area contributed by atoms with Gasteiger partial charge in [-0.1, -0.05) is 19.9 Å². The van der Waals surface area contributed by atoms with E-state index in [0.29, 0.717) is 5.69 Å². The molecule has 1 rings (SSSR count). The highest BCUT2D eigenvalue weighted by Crippen LogP contribution is 2.11. The summed E-state index contributed by atoms with van der Waals surface area (Å²) in [5.41, 5.74) is 0.371. The molecule has 0 radical (unpaired) electrons. The van der Waals surface area contributed by atoms with Crippen LogP contribution < -0.4 is 10.6 Å². The van der Waals surface area contributed by atoms with Crippen molar-refractivity contribution in [1.82, 2.24) is 5.32 Å². The smallest absolute Gasteiger partial charge is 0.247 e. The predicted molar refractivity (Wildman–Crippen MR) is 67.5 cm³/mol. The second-order valence-corrected chi connectivity index (χ2v) is 4.42. The minimum absolute atomic E-state index is 0.0533. The molecule has 0 aliphatic carbocycles. The average Bonchev–Trinajstić information content (AvgIpc) is 2.25. The van der Waals surface area contributed by atoms with E-state index in [1.54, 1.807) is 6.07 Å². The van der Waals surface area contributed by atoms with Crippen molar-refractivity contribution in [3.05, 3.63) is 30.1 Å². The van der Waals surface area contributed by atoms with Gasteiger partial charge >= 0.3 is 0 Å². The van der Waals surface area contributed by atoms with Gasteiger partial charge < -0.3 is 10.6 Å². The molecular formula is C13H17FN2O2. The molecule has 1 atom stereocenters. The van der Waals surface area contributed by atoms with Crippen LogP contribution in [0.2, 0.25) is 0 Å². The fraction of sp³-hybridized carbons (Fsp3) is 0.385. The van der Waals surface area contributed by atoms with Crippen molar-refractivity contribution < 1.29 is 14.0 Å². The van der Waals surface area contributed by atoms with Crippen molar-refractivity contribution >= 4 is 17.5 Å². The van der Waals surface area contributed by atoms with Crippen LogP contribution >= 0.6 is 0 Å². The highest BCUT2D eigenvalue weighted by molar-refractivity contribution is 5.97. The van der Waals surface area contributed by atoms with Gasteiger partial charge in [-0.3, -0.25) is 9.59 Å². The SMILES string of the molecule is CC(=O)N[C@H](C(=O)Nc1cccc(F)c1)C(C)C. The van der Waals surface area contributed by atoms with E-state index in [1.807, 2.05) is 13.8 Å². The van der Waals surface area contributed by atoms with Crippen LogP contribution in [-0.2, 0) is 9.59 Å². The number of hydrogen-bond donors (Lipinski definition) is 2. The lowest BCUT2D eigenvalue weighted by molar-refractivity contribution is -0.126. The van der Waals surface area contributed by atoms with E-state index in [2.05, 4.69) is 10.6 Å². The van der Waals surface area contributed by atoms with E-state index < -0.39 is 11.9 Å². The molecule has 1 aromatic rings. The molecule has 0 saturated carbocycles. The molecule has 4 nitrogen and oxygen atoms in total. The van der Waals surface area contributed by atoms with Gasteiger partial charge in [0.25, 0.3) is 0 Å². The highest BCUT2D eigenvalue weighted by atomic mass is 19.1. The Morgan fingerprint density at radius 1 is 1.28 bits per heavy atom. The van der Waals surface area contributed by atoms with Crippen LogP contribution in [0.4, 0.5) is 10.1 Å². The van der Waals surface area contributed by atoms with Gasteiger partial charge in [-0.15, -0.1) is 0 Å². The van der Waals surface area contributed by atoms with Gasteiger partial charge in [-0.25, -0.2) is 4.39 Å². The first-order valence-electron chi connectivity index (χ1n) is 5.73. The van der Waals surface area contributed by atoms with Gasteiger partial charge in [0, 0.05) is 12.6 Å². The Kier molecular flexibility index (Phi) is 4.83. The van der Waals surface area contributed by atoms with Crippen LogP contribution in [0.15, 0.2) is 24.3 Å². The first-order valence-corrected chi connectivity index (χ1v) is 5.73. The standard InChI is InChI=1S/C13H17FN2O2/c1-8(2)12(15-9(3)17)13(18)16-11-6-4-5-10(14)7-11/h4-8,12H,1-3H3,(H,15,17)(H,16,18)/t12-/m0/s1. The van der Waals surface area contributed by atoms with Crippen LogP contribution in [0.25, 0.3) is 0 Å². The molecule has 0 aromatic heterocycles. The van der Waals surface area contributed by atoms with Crippen LogP contribution in [0.3, 0.4) is 0 Å². The largest absolute Gasteiger partial charge is 0.344 e. The lowest BCUT2D eigenvalue weighted by Gasteiger charge is -2.20. The number of rotatable bonds is 4. The summed E-state index contributed by atoms with van der Waals surface area (Å²) in [6, 6.07) is 4.98. The van der Waals surface area contributed by atoms with E-state index in [1.165, 1.54) is 25.1 Å². The van der Waals surface area contributed by atoms with E-state index in [4.69, 9.17) is 0 Å². The van der Waals surface area contributed by atoms with Gasteiger partial charge in [-0.2, -0.15) is 0 Å². The van der Waals surface area contributed by atoms with Crippen LogP contribution in [0.5, 0.6) is 0 Å². The van der Waals surface area contributed by atoms with Gasteiger partial charge in [0.2, 0.25) is 11.8 Å². The molecule has 0 spiro atoms. The van der Waals surface area contributed by atoms with E-state index >= 15 is 0 Å². The summed E-state index contributed by atoms with van der Waals surface area (Å²) < 4.78 is 13.0. The summed E-state index contributed by atoms with van der Waals surface area (Å²) in [7, 11) is 0. The van der Waals surface area contributed by atoms with Crippen molar-refractivity contribution in [3.63, 3.8) is 0 Å².